The van der Waals surface area contributed by atoms with Crippen LogP contribution in [0, 0.1) is 0 Å². The summed E-state index contributed by atoms with van der Waals surface area (Å²) in [4.78, 5) is 21.1. The molecule has 0 saturated carbocycles. The maximum absolute atomic E-state index is 11.8. The summed E-state index contributed by atoms with van der Waals surface area (Å²) in [5.41, 5.74) is 5.39. The van der Waals surface area contributed by atoms with E-state index in [1.807, 2.05) is 24.0 Å². The Labute approximate surface area is 162 Å². The van der Waals surface area contributed by atoms with Crippen molar-refractivity contribution in [3.63, 3.8) is 0 Å². The average molecular weight is 382 g/mol. The molecule has 0 bridgehead atoms. The number of halogens is 1. The van der Waals surface area contributed by atoms with Crippen molar-refractivity contribution < 1.29 is 9.90 Å². The van der Waals surface area contributed by atoms with E-state index in [2.05, 4.69) is 28.2 Å². The first-order valence-corrected chi connectivity index (χ1v) is 9.39. The van der Waals surface area contributed by atoms with E-state index in [0.29, 0.717) is 34.7 Å². The summed E-state index contributed by atoms with van der Waals surface area (Å²) >= 11 is 6.38. The summed E-state index contributed by atoms with van der Waals surface area (Å²) in [5, 5.41) is 10.1. The Morgan fingerprint density at radius 3 is 2.67 bits per heavy atom. The van der Waals surface area contributed by atoms with Crippen LogP contribution in [0.5, 0.6) is 5.88 Å². The van der Waals surface area contributed by atoms with Crippen molar-refractivity contribution in [1.29, 1.82) is 0 Å². The molecule has 138 valence electrons. The van der Waals surface area contributed by atoms with E-state index < -0.39 is 0 Å². The lowest BCUT2D eigenvalue weighted by Gasteiger charge is -2.26. The number of fused-ring (bicyclic) bond motifs is 1. The SMILES string of the molecule is CCC(=O)N1CC=C(c2ccc(-c3nc4cc(O)[nH]c4cc3Cl)cc2)CC1. The summed E-state index contributed by atoms with van der Waals surface area (Å²) in [7, 11) is 0. The summed E-state index contributed by atoms with van der Waals surface area (Å²) in [6, 6.07) is 11.5. The first-order valence-electron chi connectivity index (χ1n) is 9.01. The number of carbonyl (C=O) groups excluding carboxylic acids is 1. The fourth-order valence-corrected chi connectivity index (χ4v) is 3.70. The lowest BCUT2D eigenvalue weighted by Crippen LogP contribution is -2.34. The second-order valence-corrected chi connectivity index (χ2v) is 7.06. The quantitative estimate of drug-likeness (QED) is 0.695. The lowest BCUT2D eigenvalue weighted by molar-refractivity contribution is -0.130. The van der Waals surface area contributed by atoms with Crippen molar-refractivity contribution in [2.75, 3.05) is 13.1 Å². The molecule has 3 heterocycles. The van der Waals surface area contributed by atoms with E-state index in [-0.39, 0.29) is 11.8 Å². The number of aromatic nitrogens is 2. The third-order valence-corrected chi connectivity index (χ3v) is 5.22. The number of aromatic amines is 1. The predicted octanol–water partition coefficient (Wildman–Crippen LogP) is 4.61. The van der Waals surface area contributed by atoms with Gasteiger partial charge in [0.2, 0.25) is 5.91 Å². The molecule has 0 unspecified atom stereocenters. The molecular weight excluding hydrogens is 362 g/mol. The number of H-pyrrole nitrogens is 1. The van der Waals surface area contributed by atoms with Crippen molar-refractivity contribution in [1.82, 2.24) is 14.9 Å². The molecule has 4 rings (SSSR count). The Hall–Kier alpha value is -2.79. The predicted molar refractivity (Wildman–Crippen MR) is 108 cm³/mol. The van der Waals surface area contributed by atoms with Crippen LogP contribution in [0.4, 0.5) is 0 Å². The largest absolute Gasteiger partial charge is 0.495 e. The summed E-state index contributed by atoms with van der Waals surface area (Å²) < 4.78 is 0. The maximum Gasteiger partial charge on any atom is 0.222 e. The van der Waals surface area contributed by atoms with E-state index in [1.54, 1.807) is 12.1 Å². The van der Waals surface area contributed by atoms with Crippen molar-refractivity contribution in [3.8, 4) is 17.1 Å². The van der Waals surface area contributed by atoms with E-state index in [1.165, 1.54) is 5.57 Å². The van der Waals surface area contributed by atoms with E-state index >= 15 is 0 Å². The molecule has 27 heavy (non-hydrogen) atoms. The maximum atomic E-state index is 11.8. The summed E-state index contributed by atoms with van der Waals surface area (Å²) in [5.74, 6) is 0.272. The molecule has 0 fully saturated rings. The normalized spacial score (nSPS) is 14.4. The highest BCUT2D eigenvalue weighted by atomic mass is 35.5. The molecule has 0 atom stereocenters. The molecular formula is C21H20ClN3O2. The second-order valence-electron chi connectivity index (χ2n) is 6.66. The second kappa shape index (κ2) is 7.08. The van der Waals surface area contributed by atoms with Crippen LogP contribution in [0.2, 0.25) is 5.02 Å². The zero-order valence-corrected chi connectivity index (χ0v) is 15.8. The first kappa shape index (κ1) is 17.6. The van der Waals surface area contributed by atoms with Gasteiger partial charge in [0, 0.05) is 31.1 Å². The molecule has 3 aromatic rings. The minimum atomic E-state index is 0.0703. The highest BCUT2D eigenvalue weighted by molar-refractivity contribution is 6.33. The van der Waals surface area contributed by atoms with Crippen molar-refractivity contribution in [3.05, 3.63) is 53.1 Å². The number of hydrogen-bond donors (Lipinski definition) is 2. The highest BCUT2D eigenvalue weighted by Gasteiger charge is 2.17. The van der Waals surface area contributed by atoms with Gasteiger partial charge in [-0.1, -0.05) is 48.9 Å². The number of nitrogens with one attached hydrogen (secondary N) is 1. The lowest BCUT2D eigenvalue weighted by atomic mass is 9.97. The van der Waals surface area contributed by atoms with Gasteiger partial charge < -0.3 is 15.0 Å². The van der Waals surface area contributed by atoms with Crippen LogP contribution < -0.4 is 0 Å². The van der Waals surface area contributed by atoms with Gasteiger partial charge in [-0.25, -0.2) is 4.98 Å². The molecule has 0 radical (unpaired) electrons. The minimum absolute atomic E-state index is 0.0703. The first-order chi connectivity index (χ1) is 13.0. The monoisotopic (exact) mass is 381 g/mol. The van der Waals surface area contributed by atoms with Gasteiger partial charge in [0.25, 0.3) is 0 Å². The van der Waals surface area contributed by atoms with Crippen LogP contribution in [-0.4, -0.2) is 39.0 Å². The smallest absolute Gasteiger partial charge is 0.222 e. The van der Waals surface area contributed by atoms with E-state index in [0.717, 1.165) is 24.1 Å². The van der Waals surface area contributed by atoms with Crippen molar-refractivity contribution in [2.24, 2.45) is 0 Å². The third-order valence-electron chi connectivity index (χ3n) is 4.94. The molecule has 0 aliphatic carbocycles. The zero-order valence-electron chi connectivity index (χ0n) is 15.0. The molecule has 1 aliphatic rings. The molecule has 1 aliphatic heterocycles. The molecule has 2 N–H and O–H groups in total. The number of hydrogen-bond acceptors (Lipinski definition) is 3. The number of rotatable bonds is 3. The van der Waals surface area contributed by atoms with Gasteiger partial charge in [-0.15, -0.1) is 0 Å². The fourth-order valence-electron chi connectivity index (χ4n) is 3.44. The molecule has 5 nitrogen and oxygen atoms in total. The van der Waals surface area contributed by atoms with E-state index in [4.69, 9.17) is 11.6 Å². The Kier molecular flexibility index (Phi) is 4.62. The van der Waals surface area contributed by atoms with Crippen LogP contribution in [0.25, 0.3) is 27.9 Å². The van der Waals surface area contributed by atoms with Crippen LogP contribution in [-0.2, 0) is 4.79 Å². The van der Waals surface area contributed by atoms with Gasteiger partial charge >= 0.3 is 0 Å². The molecule has 1 aromatic carbocycles. The molecule has 0 saturated heterocycles. The van der Waals surface area contributed by atoms with Gasteiger partial charge in [-0.2, -0.15) is 0 Å². The number of pyridine rings is 1. The van der Waals surface area contributed by atoms with Crippen LogP contribution in [0.15, 0.2) is 42.5 Å². The fraction of sp³-hybridized carbons (Fsp3) is 0.238. The van der Waals surface area contributed by atoms with Gasteiger partial charge in [-0.3, -0.25) is 4.79 Å². The van der Waals surface area contributed by atoms with Gasteiger partial charge in [0.1, 0.15) is 0 Å². The molecule has 2 aromatic heterocycles. The summed E-state index contributed by atoms with van der Waals surface area (Å²) in [6.45, 7) is 3.33. The van der Waals surface area contributed by atoms with Crippen LogP contribution >= 0.6 is 11.6 Å². The number of aromatic hydroxyl groups is 1. The Morgan fingerprint density at radius 1 is 1.26 bits per heavy atom. The number of carbonyl (C=O) groups is 1. The van der Waals surface area contributed by atoms with Gasteiger partial charge in [0.05, 0.1) is 21.7 Å². The third kappa shape index (κ3) is 3.43. The van der Waals surface area contributed by atoms with Crippen LogP contribution in [0.3, 0.4) is 0 Å². The molecule has 0 spiro atoms. The minimum Gasteiger partial charge on any atom is -0.495 e. The number of amides is 1. The highest BCUT2D eigenvalue weighted by Crippen LogP contribution is 2.32. The molecule has 6 heteroatoms. The average Bonchev–Trinajstić information content (AvgIpc) is 3.06. The van der Waals surface area contributed by atoms with Crippen LogP contribution in [0.1, 0.15) is 25.3 Å². The molecule has 1 amide bonds. The van der Waals surface area contributed by atoms with Gasteiger partial charge in [0.15, 0.2) is 5.88 Å². The standard InChI is InChI=1S/C21H20ClN3O2/c1-2-20(27)25-9-7-14(8-10-25)13-3-5-15(6-4-13)21-16(22)11-17-18(24-21)12-19(26)23-17/h3-7,11-12,23,26H,2,8-10H2,1H3. The van der Waals surface area contributed by atoms with E-state index in [9.17, 15) is 9.90 Å². The van der Waals surface area contributed by atoms with Crippen molar-refractivity contribution in [2.45, 2.75) is 19.8 Å². The zero-order chi connectivity index (χ0) is 19.0. The van der Waals surface area contributed by atoms with Gasteiger partial charge in [-0.05, 0) is 23.6 Å². The Bertz CT molecular complexity index is 1040. The topological polar surface area (TPSA) is 69.2 Å². The number of nitrogens with zero attached hydrogens (tertiary/aromatic N) is 2. The Balaban J connectivity index is 1.59. The van der Waals surface area contributed by atoms with Crippen molar-refractivity contribution >= 4 is 34.1 Å². The number of benzene rings is 1. The Morgan fingerprint density at radius 2 is 2.00 bits per heavy atom. The summed E-state index contributed by atoms with van der Waals surface area (Å²) in [6.07, 6.45) is 3.54.